The van der Waals surface area contributed by atoms with Crippen LogP contribution in [0, 0.1) is 6.92 Å². The molecule has 0 saturated carbocycles. The quantitative estimate of drug-likeness (QED) is 0.566. The van der Waals surface area contributed by atoms with Gasteiger partial charge >= 0.3 is 0 Å². The summed E-state index contributed by atoms with van der Waals surface area (Å²) in [6.07, 6.45) is 1.86. The molecule has 0 aromatic carbocycles. The second-order valence-electron chi connectivity index (χ2n) is 4.51. The van der Waals surface area contributed by atoms with Crippen LogP contribution in [-0.2, 0) is 11.2 Å². The first-order valence-electron chi connectivity index (χ1n) is 7.26. The van der Waals surface area contributed by atoms with Crippen molar-refractivity contribution in [3.8, 4) is 0 Å². The molecule has 0 aliphatic rings. The molecule has 1 aromatic heterocycles. The molecule has 0 unspecified atom stereocenters. The number of aliphatic hydroxyl groups excluding tert-OH is 1. The molecule has 1 heterocycles. The molecule has 0 bridgehead atoms. The number of aryl methyl sites for hydroxylation is 1. The predicted molar refractivity (Wildman–Crippen MR) is 81.3 cm³/mol. The molecule has 0 fully saturated rings. The van der Waals surface area contributed by atoms with Crippen molar-refractivity contribution in [3.63, 3.8) is 0 Å². The lowest BCUT2D eigenvalue weighted by molar-refractivity contribution is 0.0992. The van der Waals surface area contributed by atoms with Gasteiger partial charge in [0.1, 0.15) is 17.5 Å². The van der Waals surface area contributed by atoms with Crippen molar-refractivity contribution < 1.29 is 9.84 Å². The normalized spacial score (nSPS) is 10.6. The summed E-state index contributed by atoms with van der Waals surface area (Å²) in [4.78, 5) is 9.03. The van der Waals surface area contributed by atoms with Crippen LogP contribution >= 0.6 is 0 Å². The largest absolute Gasteiger partial charge is 0.394 e. The molecular formula is C14H26N4O2. The van der Waals surface area contributed by atoms with Crippen LogP contribution in [0.5, 0.6) is 0 Å². The van der Waals surface area contributed by atoms with Crippen molar-refractivity contribution in [2.24, 2.45) is 0 Å². The summed E-state index contributed by atoms with van der Waals surface area (Å²) >= 11 is 0. The van der Waals surface area contributed by atoms with Gasteiger partial charge in [-0.2, -0.15) is 0 Å². The van der Waals surface area contributed by atoms with Crippen LogP contribution in [0.1, 0.15) is 31.7 Å². The molecule has 1 aromatic rings. The monoisotopic (exact) mass is 282 g/mol. The van der Waals surface area contributed by atoms with E-state index in [4.69, 9.17) is 9.84 Å². The molecule has 20 heavy (non-hydrogen) atoms. The van der Waals surface area contributed by atoms with Gasteiger partial charge in [-0.05, 0) is 13.3 Å². The maximum absolute atomic E-state index is 8.64. The van der Waals surface area contributed by atoms with Gasteiger partial charge in [-0.1, -0.05) is 13.8 Å². The Kier molecular flexibility index (Phi) is 7.91. The lowest BCUT2D eigenvalue weighted by Gasteiger charge is -2.14. The fourth-order valence-corrected chi connectivity index (χ4v) is 1.72. The number of hydrogen-bond donors (Lipinski definition) is 3. The number of anilines is 2. The van der Waals surface area contributed by atoms with E-state index in [0.717, 1.165) is 42.4 Å². The van der Waals surface area contributed by atoms with Crippen LogP contribution in [0.25, 0.3) is 0 Å². The Morgan fingerprint density at radius 1 is 1.05 bits per heavy atom. The molecular weight excluding hydrogens is 256 g/mol. The van der Waals surface area contributed by atoms with E-state index < -0.39 is 0 Å². The van der Waals surface area contributed by atoms with Crippen molar-refractivity contribution in [3.05, 3.63) is 11.4 Å². The number of nitrogens with zero attached hydrogens (tertiary/aromatic N) is 2. The van der Waals surface area contributed by atoms with Gasteiger partial charge in [0.25, 0.3) is 0 Å². The Balaban J connectivity index is 2.67. The summed E-state index contributed by atoms with van der Waals surface area (Å²) in [5.41, 5.74) is 1.03. The van der Waals surface area contributed by atoms with E-state index in [9.17, 15) is 0 Å². The van der Waals surface area contributed by atoms with Crippen LogP contribution in [0.15, 0.2) is 0 Å². The first kappa shape index (κ1) is 16.7. The third kappa shape index (κ3) is 5.30. The third-order valence-electron chi connectivity index (χ3n) is 2.83. The van der Waals surface area contributed by atoms with Crippen molar-refractivity contribution in [2.45, 2.75) is 33.6 Å². The van der Waals surface area contributed by atoms with Gasteiger partial charge in [0, 0.05) is 25.1 Å². The summed E-state index contributed by atoms with van der Waals surface area (Å²) in [6.45, 7) is 8.71. The van der Waals surface area contributed by atoms with E-state index in [2.05, 4.69) is 27.5 Å². The van der Waals surface area contributed by atoms with Gasteiger partial charge in [-0.3, -0.25) is 0 Å². The number of rotatable bonds is 10. The average Bonchev–Trinajstić information content (AvgIpc) is 2.47. The first-order chi connectivity index (χ1) is 9.72. The minimum atomic E-state index is 0.0532. The molecule has 114 valence electrons. The number of aliphatic hydroxyl groups is 1. The standard InChI is InChI=1S/C14H26N4O2/c1-4-6-15-13-11(3)14(18-12(5-2)17-13)16-7-9-20-10-8-19/h19H,4-10H2,1-3H3,(H2,15,16,17,18). The van der Waals surface area contributed by atoms with E-state index in [-0.39, 0.29) is 6.61 Å². The first-order valence-corrected chi connectivity index (χ1v) is 7.26. The van der Waals surface area contributed by atoms with Gasteiger partial charge in [-0.25, -0.2) is 9.97 Å². The van der Waals surface area contributed by atoms with E-state index in [1.165, 1.54) is 0 Å². The summed E-state index contributed by atoms with van der Waals surface area (Å²) < 4.78 is 5.22. The lowest BCUT2D eigenvalue weighted by Crippen LogP contribution is -2.15. The van der Waals surface area contributed by atoms with Gasteiger partial charge in [0.05, 0.1) is 19.8 Å². The van der Waals surface area contributed by atoms with E-state index in [1.54, 1.807) is 0 Å². The van der Waals surface area contributed by atoms with Gasteiger partial charge in [0.15, 0.2) is 0 Å². The highest BCUT2D eigenvalue weighted by Gasteiger charge is 2.09. The maximum Gasteiger partial charge on any atom is 0.134 e. The van der Waals surface area contributed by atoms with Crippen molar-refractivity contribution in [1.29, 1.82) is 0 Å². The van der Waals surface area contributed by atoms with Crippen LogP contribution in [0.2, 0.25) is 0 Å². The minimum Gasteiger partial charge on any atom is -0.394 e. The molecule has 0 atom stereocenters. The smallest absolute Gasteiger partial charge is 0.134 e. The van der Waals surface area contributed by atoms with Gasteiger partial charge in [-0.15, -0.1) is 0 Å². The molecule has 0 spiro atoms. The fourth-order valence-electron chi connectivity index (χ4n) is 1.72. The highest BCUT2D eigenvalue weighted by Crippen LogP contribution is 2.20. The SMILES string of the molecule is CCCNc1nc(CC)nc(NCCOCCO)c1C. The van der Waals surface area contributed by atoms with Crippen molar-refractivity contribution >= 4 is 11.6 Å². The molecule has 6 heteroatoms. The Labute approximate surface area is 121 Å². The second kappa shape index (κ2) is 9.50. The lowest BCUT2D eigenvalue weighted by atomic mass is 10.2. The van der Waals surface area contributed by atoms with E-state index in [1.807, 2.05) is 13.8 Å². The summed E-state index contributed by atoms with van der Waals surface area (Å²) in [5, 5.41) is 15.2. The molecule has 0 saturated heterocycles. The van der Waals surface area contributed by atoms with Gasteiger partial charge in [0.2, 0.25) is 0 Å². The van der Waals surface area contributed by atoms with Gasteiger partial charge < -0.3 is 20.5 Å². The average molecular weight is 282 g/mol. The Bertz CT molecular complexity index is 399. The molecule has 0 amide bonds. The molecule has 3 N–H and O–H groups in total. The molecule has 0 radical (unpaired) electrons. The summed E-state index contributed by atoms with van der Waals surface area (Å²) in [7, 11) is 0. The summed E-state index contributed by atoms with van der Waals surface area (Å²) in [6, 6.07) is 0. The molecule has 0 aliphatic heterocycles. The molecule has 1 rings (SSSR count). The van der Waals surface area contributed by atoms with E-state index >= 15 is 0 Å². The Morgan fingerprint density at radius 3 is 2.25 bits per heavy atom. The topological polar surface area (TPSA) is 79.3 Å². The zero-order valence-electron chi connectivity index (χ0n) is 12.7. The number of ether oxygens (including phenoxy) is 1. The Hall–Kier alpha value is -1.40. The highest BCUT2D eigenvalue weighted by atomic mass is 16.5. The van der Waals surface area contributed by atoms with Crippen molar-refractivity contribution in [2.75, 3.05) is 43.5 Å². The zero-order valence-corrected chi connectivity index (χ0v) is 12.7. The minimum absolute atomic E-state index is 0.0532. The maximum atomic E-state index is 8.64. The number of hydrogen-bond acceptors (Lipinski definition) is 6. The Morgan fingerprint density at radius 2 is 1.70 bits per heavy atom. The van der Waals surface area contributed by atoms with Crippen molar-refractivity contribution in [1.82, 2.24) is 9.97 Å². The van der Waals surface area contributed by atoms with E-state index in [0.29, 0.717) is 19.8 Å². The van der Waals surface area contributed by atoms with Crippen LogP contribution in [0.3, 0.4) is 0 Å². The fraction of sp³-hybridized carbons (Fsp3) is 0.714. The third-order valence-corrected chi connectivity index (χ3v) is 2.83. The van der Waals surface area contributed by atoms with Crippen LogP contribution in [-0.4, -0.2) is 48.0 Å². The zero-order chi connectivity index (χ0) is 14.8. The number of aromatic nitrogens is 2. The summed E-state index contributed by atoms with van der Waals surface area (Å²) in [5.74, 6) is 2.58. The van der Waals surface area contributed by atoms with Crippen LogP contribution in [0.4, 0.5) is 11.6 Å². The van der Waals surface area contributed by atoms with Crippen LogP contribution < -0.4 is 10.6 Å². The number of nitrogens with one attached hydrogen (secondary N) is 2. The highest BCUT2D eigenvalue weighted by molar-refractivity contribution is 5.57. The predicted octanol–water partition coefficient (Wildman–Crippen LogP) is 1.59. The second-order valence-corrected chi connectivity index (χ2v) is 4.51. The molecule has 0 aliphatic carbocycles. The molecule has 6 nitrogen and oxygen atoms in total.